The van der Waals surface area contributed by atoms with E-state index in [0.29, 0.717) is 82.6 Å². The first-order valence-electron chi connectivity index (χ1n) is 29.9. The Bertz CT molecular complexity index is 4270. The van der Waals surface area contributed by atoms with Crippen molar-refractivity contribution in [3.8, 4) is 23.5 Å². The van der Waals surface area contributed by atoms with Crippen LogP contribution in [0.5, 0.6) is 23.5 Å². The molecule has 99 heavy (non-hydrogen) atoms. The van der Waals surface area contributed by atoms with Gasteiger partial charge in [0.05, 0.1) is 84.3 Å². The molecule has 2 aromatic carbocycles. The Kier molecular flexibility index (Phi) is 28.3. The fraction of sp³-hybridized carbons (Fsp3) is 0.459. The molecule has 5 heterocycles. The summed E-state index contributed by atoms with van der Waals surface area (Å²) in [5, 5.41) is 38.9. The molecule has 0 saturated heterocycles. The van der Waals surface area contributed by atoms with Gasteiger partial charge in [0.25, 0.3) is 21.7 Å². The highest BCUT2D eigenvalue weighted by molar-refractivity contribution is 7.99. The number of oxime groups is 1. The van der Waals surface area contributed by atoms with E-state index < -0.39 is 99.7 Å². The Balaban J connectivity index is 0.000000240. The summed E-state index contributed by atoms with van der Waals surface area (Å²) in [6, 6.07) is 8.49. The number of hydrazone groups is 1. The number of anilines is 2. The van der Waals surface area contributed by atoms with Crippen molar-refractivity contribution < 1.29 is 101 Å². The molecule has 0 radical (unpaired) electrons. The number of ketones is 2. The van der Waals surface area contributed by atoms with Crippen molar-refractivity contribution in [1.82, 2.24) is 34.3 Å². The van der Waals surface area contributed by atoms with E-state index in [1.807, 2.05) is 30.3 Å². The minimum absolute atomic E-state index is 0.00866. The second-order valence-corrected chi connectivity index (χ2v) is 27.7. The maximum Gasteiger partial charge on any atom is 0.418 e. The first kappa shape index (κ1) is 81.2. The zero-order chi connectivity index (χ0) is 74.3. The van der Waals surface area contributed by atoms with Crippen LogP contribution in [-0.2, 0) is 68.0 Å². The number of aliphatic hydroxyl groups is 1. The second kappa shape index (κ2) is 34.5. The SMILES string of the molecule is CCC/C(=N\OCC)C1=C(O)CC(CC(C)SCC)CC1=O.CCOC(=O)C1=NN(c2ccc(Cl)cc2Cl)C(C)(C(=O)OCC)C1.COc1cc(OC)n2nc(NS(=O)(=O)c3c(C(F)(F)F)ccnc3OC)nc2n1.Cc1nn(C)c(O)c1C(=O)c1ccc(C(F)(F)F)cc1S(C)(=O)=O. The fourth-order valence-corrected chi connectivity index (χ4v) is 13.5. The van der Waals surface area contributed by atoms with Gasteiger partial charge >= 0.3 is 24.3 Å². The number of fused-ring (bicyclic) bond motifs is 1. The number of thioether (sulfide) groups is 1. The number of alkyl halides is 6. The lowest BCUT2D eigenvalue weighted by Gasteiger charge is -2.32. The fourth-order valence-electron chi connectivity index (χ4n) is 9.88. The monoisotopic (exact) mass is 1500 g/mol. The van der Waals surface area contributed by atoms with Crippen LogP contribution in [0.3, 0.4) is 0 Å². The molecule has 3 N–H and O–H groups in total. The molecule has 1 aliphatic carbocycles. The molecule has 2 aliphatic rings. The standard InChI is InChI=1S/C17H29NO3S.C16H18Cl2N2O4.C14H13F3N6O5S.C14H13F3N2O4S/c1-5-8-14(18-21-6-2)17-15(19)10-13(11-16(17)20)9-12(4)22-7-3;1-4-23-14(21)12-9-16(3,15(22)24-5-2)20(19-12)13-7-6-10(17)8-11(13)18;1-26-8-6-9(27-2)23-13(19-8)20-12(21-23)22-29(24,25)10-7(14(15,16)17)4-5-18-11(10)28-3;1-7-11(13(21)19(2)18-7)12(20)9-5-4-8(14(15,16)17)6-10(9)24(3,22)23/h12-13,19H,5-11H2,1-4H3;6-8H,4-5,9H2,1-3H3;4-6H,1-3H3,(H,21,22);4-6,21H,1-3H3/b18-14+;;;. The summed E-state index contributed by atoms with van der Waals surface area (Å²) in [5.41, 5.74) is -2.85. The molecule has 3 atom stereocenters. The number of hydrogen-bond acceptors (Lipinski definition) is 25. The van der Waals surface area contributed by atoms with E-state index >= 15 is 0 Å². The smallest absolute Gasteiger partial charge is 0.418 e. The van der Waals surface area contributed by atoms with E-state index in [0.717, 1.165) is 47.2 Å². The maximum atomic E-state index is 13.3. The van der Waals surface area contributed by atoms with Gasteiger partial charge in [-0.25, -0.2) is 45.8 Å². The third-order valence-corrected chi connectivity index (χ3v) is 18.3. The number of carbonyl (C=O) groups excluding carboxylic acids is 4. The summed E-state index contributed by atoms with van der Waals surface area (Å²) in [5.74, 6) is -2.19. The average molecular weight is 1500 g/mol. The van der Waals surface area contributed by atoms with Gasteiger partial charge in [-0.2, -0.15) is 62.8 Å². The van der Waals surface area contributed by atoms with Crippen molar-refractivity contribution in [3.05, 3.63) is 104 Å². The molecular weight excluding hydrogens is 1420 g/mol. The van der Waals surface area contributed by atoms with Crippen molar-refractivity contribution in [2.24, 2.45) is 23.2 Å². The molecule has 0 bridgehead atoms. The van der Waals surface area contributed by atoms with E-state index in [2.05, 4.69) is 49.3 Å². The Hall–Kier alpha value is -8.48. The van der Waals surface area contributed by atoms with Gasteiger partial charge in [-0.3, -0.25) is 9.59 Å². The van der Waals surface area contributed by atoms with Crippen LogP contribution in [0.15, 0.2) is 86.1 Å². The molecule has 8 rings (SSSR count). The number of nitrogens with one attached hydrogen (secondary N) is 1. The van der Waals surface area contributed by atoms with Crippen LogP contribution in [-0.4, -0.2) is 160 Å². The highest BCUT2D eigenvalue weighted by Gasteiger charge is 2.50. The van der Waals surface area contributed by atoms with E-state index in [-0.39, 0.29) is 71.6 Å². The average Bonchev–Trinajstić information content (AvgIpc) is 1.74. The van der Waals surface area contributed by atoms with Crippen LogP contribution in [0.25, 0.3) is 5.78 Å². The molecule has 27 nitrogen and oxygen atoms in total. The Morgan fingerprint density at radius 1 is 0.879 bits per heavy atom. The number of sulfonamides is 1. The zero-order valence-electron chi connectivity index (χ0n) is 55.8. The predicted molar refractivity (Wildman–Crippen MR) is 354 cm³/mol. The minimum atomic E-state index is -4.98. The largest absolute Gasteiger partial charge is 0.511 e. The zero-order valence-corrected chi connectivity index (χ0v) is 59.7. The summed E-state index contributed by atoms with van der Waals surface area (Å²) >= 11 is 14.1. The number of carbonyl (C=O) groups is 4. The number of aliphatic hydroxyl groups excluding tert-OH is 1. The van der Waals surface area contributed by atoms with E-state index in [1.165, 1.54) is 39.3 Å². The van der Waals surface area contributed by atoms with Crippen LogP contribution in [0.4, 0.5) is 38.0 Å². The van der Waals surface area contributed by atoms with Crippen LogP contribution in [0, 0.1) is 12.8 Å². The summed E-state index contributed by atoms with van der Waals surface area (Å²) < 4.78 is 156. The number of nitrogens with zero attached hydrogens (tertiary/aromatic N) is 10. The molecule has 1 aliphatic heterocycles. The molecule has 6 aromatic rings. The van der Waals surface area contributed by atoms with Crippen LogP contribution < -0.4 is 23.9 Å². The highest BCUT2D eigenvalue weighted by atomic mass is 35.5. The van der Waals surface area contributed by atoms with Crippen LogP contribution >= 0.6 is 35.0 Å². The number of pyridine rings is 1. The quantitative estimate of drug-likeness (QED) is 0.0176. The van der Waals surface area contributed by atoms with Gasteiger partial charge < -0.3 is 38.7 Å². The number of esters is 2. The molecule has 0 spiro atoms. The van der Waals surface area contributed by atoms with E-state index in [1.54, 1.807) is 39.0 Å². The molecule has 542 valence electrons. The number of rotatable bonds is 23. The van der Waals surface area contributed by atoms with Crippen molar-refractivity contribution in [2.75, 3.05) is 62.9 Å². The molecular formula is C61H73Cl2F6N11O16S3. The summed E-state index contributed by atoms with van der Waals surface area (Å²) in [4.78, 5) is 64.1. The number of allylic oxidation sites excluding steroid dienone is 2. The first-order chi connectivity index (χ1) is 46.3. The van der Waals surface area contributed by atoms with Gasteiger partial charge in [0.1, 0.15) is 23.6 Å². The van der Waals surface area contributed by atoms with Crippen LogP contribution in [0.2, 0.25) is 10.0 Å². The number of Topliss-reactive ketones (excluding diaryl/α,β-unsaturated/α-hetero) is 1. The lowest BCUT2D eigenvalue weighted by atomic mass is 9.82. The van der Waals surface area contributed by atoms with Gasteiger partial charge in [-0.15, -0.1) is 5.10 Å². The third-order valence-electron chi connectivity index (χ3n) is 14.2. The Labute approximate surface area is 580 Å². The number of methoxy groups -OCH3 is 3. The van der Waals surface area contributed by atoms with Crippen LogP contribution in [0.1, 0.15) is 120 Å². The van der Waals surface area contributed by atoms with Gasteiger partial charge in [-0.1, -0.05) is 55.5 Å². The topological polar surface area (TPSA) is 346 Å². The molecule has 0 fully saturated rings. The molecule has 0 saturated carbocycles. The predicted octanol–water partition coefficient (Wildman–Crippen LogP) is 11.4. The summed E-state index contributed by atoms with van der Waals surface area (Å²) in [6.45, 7) is 15.6. The van der Waals surface area contributed by atoms with E-state index in [4.69, 9.17) is 51.7 Å². The molecule has 0 amide bonds. The third kappa shape index (κ3) is 20.4. The number of ether oxygens (including phenoxy) is 5. The lowest BCUT2D eigenvalue weighted by Crippen LogP contribution is -2.48. The highest BCUT2D eigenvalue weighted by Crippen LogP contribution is 2.42. The second-order valence-electron chi connectivity index (χ2n) is 21.6. The maximum absolute atomic E-state index is 13.3. The number of halogens is 8. The minimum Gasteiger partial charge on any atom is -0.511 e. The number of benzene rings is 2. The number of aryl methyl sites for hydroxylation is 2. The Morgan fingerprint density at radius 2 is 1.56 bits per heavy atom. The number of aromatic hydroxyl groups is 1. The Morgan fingerprint density at radius 3 is 2.09 bits per heavy atom. The normalized spacial score (nSPS) is 16.1. The lowest BCUT2D eigenvalue weighted by molar-refractivity contribution is -0.148. The van der Waals surface area contributed by atoms with Crippen molar-refractivity contribution in [2.45, 2.75) is 127 Å². The molecule has 4 aromatic heterocycles. The van der Waals surface area contributed by atoms with Crippen molar-refractivity contribution >= 4 is 107 Å². The molecule has 38 heteroatoms. The van der Waals surface area contributed by atoms with Gasteiger partial charge in [0, 0.05) is 54.6 Å². The van der Waals surface area contributed by atoms with Crippen molar-refractivity contribution in [3.63, 3.8) is 0 Å². The van der Waals surface area contributed by atoms with Crippen molar-refractivity contribution in [1.29, 1.82) is 0 Å². The summed E-state index contributed by atoms with van der Waals surface area (Å²) in [6.07, 6.45) is -4.63. The molecule has 3 unspecified atom stereocenters. The summed E-state index contributed by atoms with van der Waals surface area (Å²) in [7, 11) is -3.96. The van der Waals surface area contributed by atoms with Gasteiger partial charge in [-0.05, 0) is 102 Å². The first-order valence-corrected chi connectivity index (χ1v) is 35.1. The number of sulfone groups is 1. The van der Waals surface area contributed by atoms with Gasteiger partial charge in [0.15, 0.2) is 26.1 Å². The number of hydrogen-bond donors (Lipinski definition) is 3. The van der Waals surface area contributed by atoms with E-state index in [9.17, 15) is 72.6 Å². The van der Waals surface area contributed by atoms with Gasteiger partial charge in [0.2, 0.25) is 29.3 Å². The number of aromatic nitrogens is 7.